The average molecular weight is 504 g/mol. The van der Waals surface area contributed by atoms with Crippen molar-refractivity contribution in [3.63, 3.8) is 0 Å². The fraction of sp³-hybridized carbons (Fsp3) is 0.346. The number of aromatic nitrogens is 2. The molecule has 0 saturated heterocycles. The van der Waals surface area contributed by atoms with Crippen molar-refractivity contribution in [2.75, 3.05) is 18.1 Å². The van der Waals surface area contributed by atoms with Crippen LogP contribution in [0.2, 0.25) is 0 Å². The number of nitrogens with zero attached hydrogens (tertiary/aromatic N) is 3. The van der Waals surface area contributed by atoms with E-state index >= 15 is 0 Å². The van der Waals surface area contributed by atoms with Crippen molar-refractivity contribution in [3.8, 4) is 11.5 Å². The normalized spacial score (nSPS) is 11.7. The van der Waals surface area contributed by atoms with Crippen LogP contribution in [0.5, 0.6) is 11.5 Å². The lowest BCUT2D eigenvalue weighted by Gasteiger charge is -2.33. The molecule has 0 fully saturated rings. The second-order valence-electron chi connectivity index (χ2n) is 8.88. The highest BCUT2D eigenvalue weighted by molar-refractivity contribution is 5.68. The topological polar surface area (TPSA) is 84.8 Å². The second-order valence-corrected chi connectivity index (χ2v) is 8.88. The Morgan fingerprint density at radius 2 is 1.53 bits per heavy atom. The predicted octanol–water partition coefficient (Wildman–Crippen LogP) is 5.39. The van der Waals surface area contributed by atoms with Crippen LogP contribution in [-0.4, -0.2) is 40.6 Å². The third kappa shape index (κ3) is 7.86. The maximum absolute atomic E-state index is 12.5. The van der Waals surface area contributed by atoms with Gasteiger partial charge in [0, 0.05) is 30.9 Å². The molecule has 192 valence electrons. The van der Waals surface area contributed by atoms with Crippen molar-refractivity contribution in [2.45, 2.75) is 45.5 Å². The first kappa shape index (κ1) is 26.8. The Kier molecular flexibility index (Phi) is 8.39. The van der Waals surface area contributed by atoms with E-state index in [2.05, 4.69) is 14.7 Å². The van der Waals surface area contributed by atoms with Crippen LogP contribution in [-0.2, 0) is 23.2 Å². The van der Waals surface area contributed by atoms with Gasteiger partial charge in [-0.05, 0) is 47.4 Å². The lowest BCUT2D eigenvalue weighted by atomic mass is 9.84. The fourth-order valence-electron chi connectivity index (χ4n) is 3.62. The van der Waals surface area contributed by atoms with Gasteiger partial charge in [0.25, 0.3) is 0 Å². The van der Waals surface area contributed by atoms with Gasteiger partial charge in [0.1, 0.15) is 11.5 Å². The van der Waals surface area contributed by atoms with Crippen LogP contribution < -0.4 is 14.4 Å². The molecule has 0 atom stereocenters. The number of benzene rings is 2. The average Bonchev–Trinajstić information content (AvgIpc) is 2.83. The molecule has 1 N–H and O–H groups in total. The molecular formula is C26H28F3N3O4. The van der Waals surface area contributed by atoms with E-state index in [0.717, 1.165) is 23.1 Å². The summed E-state index contributed by atoms with van der Waals surface area (Å²) in [7, 11) is 0. The van der Waals surface area contributed by atoms with Gasteiger partial charge in [-0.25, -0.2) is 14.8 Å². The first-order chi connectivity index (χ1) is 16.9. The van der Waals surface area contributed by atoms with Crippen LogP contribution in [0.3, 0.4) is 0 Å². The first-order valence-corrected chi connectivity index (χ1v) is 11.3. The van der Waals surface area contributed by atoms with Gasteiger partial charge >= 0.3 is 12.3 Å². The molecule has 0 bridgehead atoms. The molecular weight excluding hydrogens is 475 g/mol. The summed E-state index contributed by atoms with van der Waals surface area (Å²) in [6, 6.07) is 12.9. The van der Waals surface area contributed by atoms with E-state index in [0.29, 0.717) is 24.8 Å². The van der Waals surface area contributed by atoms with Gasteiger partial charge < -0.3 is 19.5 Å². The van der Waals surface area contributed by atoms with Gasteiger partial charge in [0.05, 0.1) is 0 Å². The number of alkyl halides is 3. The van der Waals surface area contributed by atoms with Crippen molar-refractivity contribution < 1.29 is 32.5 Å². The van der Waals surface area contributed by atoms with E-state index < -0.39 is 24.4 Å². The Bertz CT molecular complexity index is 1130. The number of hydrogen-bond acceptors (Lipinski definition) is 6. The van der Waals surface area contributed by atoms with Gasteiger partial charge in [-0.1, -0.05) is 45.0 Å². The predicted molar refractivity (Wildman–Crippen MR) is 128 cm³/mol. The maximum atomic E-state index is 12.5. The quantitative estimate of drug-likeness (QED) is 0.376. The standard InChI is InChI=1S/C26H28F3N3O4/c1-4-18-13-30-24(31-14-18)32(15-19-5-9-22(10-6-19)36-26(27,28)29)17-25(2,3)20-7-11-21(12-8-20)35-16-23(33)34/h5-14H,4,15-17H2,1-3H3,(H,33,34). The number of carboxylic acids is 1. The summed E-state index contributed by atoms with van der Waals surface area (Å²) in [5, 5.41) is 8.79. The van der Waals surface area contributed by atoms with Crippen LogP contribution in [0, 0.1) is 0 Å². The molecule has 0 unspecified atom stereocenters. The minimum Gasteiger partial charge on any atom is -0.482 e. The molecule has 36 heavy (non-hydrogen) atoms. The molecule has 0 aliphatic carbocycles. The molecule has 0 amide bonds. The zero-order valence-electron chi connectivity index (χ0n) is 20.2. The largest absolute Gasteiger partial charge is 0.573 e. The Morgan fingerprint density at radius 3 is 2.06 bits per heavy atom. The van der Waals surface area contributed by atoms with E-state index in [1.54, 1.807) is 36.7 Å². The van der Waals surface area contributed by atoms with E-state index in [9.17, 15) is 18.0 Å². The lowest BCUT2D eigenvalue weighted by molar-refractivity contribution is -0.274. The highest BCUT2D eigenvalue weighted by Crippen LogP contribution is 2.29. The minimum absolute atomic E-state index is 0.285. The van der Waals surface area contributed by atoms with E-state index in [1.807, 2.05) is 37.8 Å². The third-order valence-electron chi connectivity index (χ3n) is 5.50. The van der Waals surface area contributed by atoms with Gasteiger partial charge in [-0.15, -0.1) is 13.2 Å². The summed E-state index contributed by atoms with van der Waals surface area (Å²) in [5.74, 6) is -0.389. The monoisotopic (exact) mass is 503 g/mol. The van der Waals surface area contributed by atoms with Crippen molar-refractivity contribution in [2.24, 2.45) is 0 Å². The summed E-state index contributed by atoms with van der Waals surface area (Å²) >= 11 is 0. The van der Waals surface area contributed by atoms with Gasteiger partial charge in [0.2, 0.25) is 5.95 Å². The molecule has 3 rings (SSSR count). The minimum atomic E-state index is -4.75. The van der Waals surface area contributed by atoms with Gasteiger partial charge in [-0.3, -0.25) is 0 Å². The summed E-state index contributed by atoms with van der Waals surface area (Å²) in [4.78, 5) is 21.7. The number of aryl methyl sites for hydroxylation is 1. The molecule has 0 saturated carbocycles. The number of aliphatic carboxylic acids is 1. The Labute approximate surface area is 207 Å². The lowest BCUT2D eigenvalue weighted by Crippen LogP contribution is -2.37. The number of hydrogen-bond donors (Lipinski definition) is 1. The van der Waals surface area contributed by atoms with E-state index in [-0.39, 0.29) is 5.75 Å². The SMILES string of the molecule is CCc1cnc(N(Cc2ccc(OC(F)(F)F)cc2)CC(C)(C)c2ccc(OCC(=O)O)cc2)nc1. The highest BCUT2D eigenvalue weighted by Gasteiger charge is 2.31. The van der Waals surface area contributed by atoms with Crippen LogP contribution in [0.4, 0.5) is 19.1 Å². The van der Waals surface area contributed by atoms with Crippen LogP contribution in [0.15, 0.2) is 60.9 Å². The highest BCUT2D eigenvalue weighted by atomic mass is 19.4. The Balaban J connectivity index is 1.82. The van der Waals surface area contributed by atoms with Gasteiger partial charge in [-0.2, -0.15) is 0 Å². The number of carbonyl (C=O) groups is 1. The van der Waals surface area contributed by atoms with Crippen molar-refractivity contribution in [1.29, 1.82) is 0 Å². The van der Waals surface area contributed by atoms with Crippen LogP contribution >= 0.6 is 0 Å². The molecule has 2 aromatic carbocycles. The smallest absolute Gasteiger partial charge is 0.482 e. The molecule has 0 spiro atoms. The third-order valence-corrected chi connectivity index (χ3v) is 5.50. The molecule has 1 heterocycles. The number of rotatable bonds is 11. The van der Waals surface area contributed by atoms with E-state index in [4.69, 9.17) is 9.84 Å². The first-order valence-electron chi connectivity index (χ1n) is 11.3. The molecule has 0 aliphatic heterocycles. The number of anilines is 1. The number of ether oxygens (including phenoxy) is 2. The molecule has 0 radical (unpaired) electrons. The summed E-state index contributed by atoms with van der Waals surface area (Å²) in [6.45, 7) is 6.54. The van der Waals surface area contributed by atoms with E-state index in [1.165, 1.54) is 12.1 Å². The van der Waals surface area contributed by atoms with Crippen molar-refractivity contribution in [1.82, 2.24) is 9.97 Å². The Hall–Kier alpha value is -3.82. The zero-order valence-corrected chi connectivity index (χ0v) is 20.2. The summed E-state index contributed by atoms with van der Waals surface area (Å²) in [6.07, 6.45) is -0.433. The zero-order chi connectivity index (χ0) is 26.3. The summed E-state index contributed by atoms with van der Waals surface area (Å²) in [5.41, 5.74) is 2.34. The second kappa shape index (κ2) is 11.3. The number of halogens is 3. The molecule has 10 heteroatoms. The van der Waals surface area contributed by atoms with Crippen molar-refractivity contribution in [3.05, 3.63) is 77.6 Å². The summed E-state index contributed by atoms with van der Waals surface area (Å²) < 4.78 is 46.7. The molecule has 0 aliphatic rings. The van der Waals surface area contributed by atoms with Crippen molar-refractivity contribution >= 4 is 11.9 Å². The van der Waals surface area contributed by atoms with Crippen LogP contribution in [0.25, 0.3) is 0 Å². The maximum Gasteiger partial charge on any atom is 0.573 e. The Morgan fingerprint density at radius 1 is 0.944 bits per heavy atom. The molecule has 3 aromatic rings. The fourth-order valence-corrected chi connectivity index (χ4v) is 3.62. The van der Waals surface area contributed by atoms with Crippen LogP contribution in [0.1, 0.15) is 37.5 Å². The molecule has 7 nitrogen and oxygen atoms in total. The molecule has 1 aromatic heterocycles. The number of carboxylic acid groups (broad SMARTS) is 1. The van der Waals surface area contributed by atoms with Gasteiger partial charge in [0.15, 0.2) is 6.61 Å².